The molecule has 1 saturated heterocycles. The Labute approximate surface area is 111 Å². The van der Waals surface area contributed by atoms with E-state index in [0.717, 1.165) is 12.0 Å². The van der Waals surface area contributed by atoms with Crippen LogP contribution < -0.4 is 5.32 Å². The minimum absolute atomic E-state index is 0.0360. The number of hydrogen-bond donors (Lipinski definition) is 2. The molecule has 0 radical (unpaired) electrons. The number of benzene rings is 1. The summed E-state index contributed by atoms with van der Waals surface area (Å²) in [4.78, 5) is 4.40. The maximum absolute atomic E-state index is 9.49. The molecule has 2 aromatic rings. The van der Waals surface area contributed by atoms with Gasteiger partial charge < -0.3 is 14.9 Å². The summed E-state index contributed by atoms with van der Waals surface area (Å²) in [6, 6.07) is 8.12. The zero-order valence-corrected chi connectivity index (χ0v) is 10.8. The van der Waals surface area contributed by atoms with Gasteiger partial charge in [-0.25, -0.2) is 0 Å². The number of aryl methyl sites for hydroxylation is 1. The topological polar surface area (TPSA) is 71.2 Å². The highest BCUT2D eigenvalue weighted by atomic mass is 16.5. The first kappa shape index (κ1) is 12.3. The molecular formula is C14H17N3O2. The third-order valence-corrected chi connectivity index (χ3v) is 3.47. The van der Waals surface area contributed by atoms with Crippen molar-refractivity contribution in [2.75, 3.05) is 6.54 Å². The molecule has 2 atom stereocenters. The minimum atomic E-state index is -0.329. The van der Waals surface area contributed by atoms with Crippen LogP contribution in [-0.2, 0) is 6.42 Å². The van der Waals surface area contributed by atoms with Gasteiger partial charge in [0.15, 0.2) is 0 Å². The highest BCUT2D eigenvalue weighted by Crippen LogP contribution is 2.24. The average Bonchev–Trinajstić information content (AvgIpc) is 3.07. The average molecular weight is 259 g/mol. The van der Waals surface area contributed by atoms with Crippen molar-refractivity contribution in [1.29, 1.82) is 0 Å². The van der Waals surface area contributed by atoms with Crippen LogP contribution in [0, 0.1) is 0 Å². The molecule has 1 fully saturated rings. The molecule has 1 aliphatic rings. The summed E-state index contributed by atoms with van der Waals surface area (Å²) in [7, 11) is 0. The van der Waals surface area contributed by atoms with E-state index in [-0.39, 0.29) is 12.1 Å². The maximum atomic E-state index is 9.49. The van der Waals surface area contributed by atoms with Crippen molar-refractivity contribution in [1.82, 2.24) is 15.5 Å². The van der Waals surface area contributed by atoms with Crippen LogP contribution in [-0.4, -0.2) is 27.9 Å². The number of aliphatic hydroxyl groups is 1. The van der Waals surface area contributed by atoms with Gasteiger partial charge in [-0.05, 0) is 18.4 Å². The van der Waals surface area contributed by atoms with Crippen molar-refractivity contribution in [3.05, 3.63) is 35.7 Å². The van der Waals surface area contributed by atoms with Gasteiger partial charge in [0.1, 0.15) is 0 Å². The lowest BCUT2D eigenvalue weighted by Crippen LogP contribution is -2.15. The Bertz CT molecular complexity index is 550. The standard InChI is InChI=1S/C14H17N3O2/c1-2-9-3-5-10(6-4-9)13-16-14(19-17-13)12-7-11(18)8-15-12/h3-6,11-12,15,18H,2,7-8H2,1H3/t11-,12-/m1/s1. The van der Waals surface area contributed by atoms with Crippen LogP contribution in [0.4, 0.5) is 0 Å². The van der Waals surface area contributed by atoms with E-state index in [9.17, 15) is 5.11 Å². The molecule has 0 unspecified atom stereocenters. The quantitative estimate of drug-likeness (QED) is 0.877. The molecule has 0 aliphatic carbocycles. The Hall–Kier alpha value is -1.72. The smallest absolute Gasteiger partial charge is 0.244 e. The zero-order chi connectivity index (χ0) is 13.2. The molecule has 5 heteroatoms. The molecule has 1 aromatic carbocycles. The predicted molar refractivity (Wildman–Crippen MR) is 70.5 cm³/mol. The molecule has 1 aliphatic heterocycles. The molecule has 3 rings (SSSR count). The van der Waals surface area contributed by atoms with Crippen LogP contribution in [0.1, 0.15) is 30.8 Å². The molecule has 0 amide bonds. The number of aliphatic hydroxyl groups excluding tert-OH is 1. The number of hydrogen-bond acceptors (Lipinski definition) is 5. The molecule has 100 valence electrons. The Morgan fingerprint density at radius 1 is 1.37 bits per heavy atom. The van der Waals surface area contributed by atoms with E-state index in [2.05, 4.69) is 34.5 Å². The summed E-state index contributed by atoms with van der Waals surface area (Å²) in [6.07, 6.45) is 1.31. The predicted octanol–water partition coefficient (Wildman–Crippen LogP) is 1.69. The van der Waals surface area contributed by atoms with Crippen molar-refractivity contribution in [3.8, 4) is 11.4 Å². The van der Waals surface area contributed by atoms with E-state index in [1.165, 1.54) is 5.56 Å². The Morgan fingerprint density at radius 2 is 2.16 bits per heavy atom. The molecule has 0 bridgehead atoms. The van der Waals surface area contributed by atoms with E-state index >= 15 is 0 Å². The van der Waals surface area contributed by atoms with Crippen molar-refractivity contribution >= 4 is 0 Å². The highest BCUT2D eigenvalue weighted by molar-refractivity contribution is 5.54. The van der Waals surface area contributed by atoms with Gasteiger partial charge in [0.2, 0.25) is 11.7 Å². The first-order chi connectivity index (χ1) is 9.26. The summed E-state index contributed by atoms with van der Waals surface area (Å²) in [5.74, 6) is 1.15. The van der Waals surface area contributed by atoms with Crippen LogP contribution in [0.25, 0.3) is 11.4 Å². The minimum Gasteiger partial charge on any atom is -0.392 e. The molecule has 0 spiro atoms. The normalized spacial score (nSPS) is 22.8. The lowest BCUT2D eigenvalue weighted by atomic mass is 10.1. The van der Waals surface area contributed by atoms with Gasteiger partial charge in [-0.2, -0.15) is 4.98 Å². The summed E-state index contributed by atoms with van der Waals surface area (Å²) < 4.78 is 5.27. The van der Waals surface area contributed by atoms with Gasteiger partial charge in [-0.3, -0.25) is 0 Å². The van der Waals surface area contributed by atoms with Gasteiger partial charge in [0.25, 0.3) is 0 Å². The van der Waals surface area contributed by atoms with E-state index in [1.807, 2.05) is 12.1 Å². The van der Waals surface area contributed by atoms with Gasteiger partial charge in [0, 0.05) is 12.1 Å². The molecule has 0 saturated carbocycles. The monoisotopic (exact) mass is 259 g/mol. The summed E-state index contributed by atoms with van der Waals surface area (Å²) in [6.45, 7) is 2.70. The van der Waals surface area contributed by atoms with Crippen LogP contribution in [0.2, 0.25) is 0 Å². The largest absolute Gasteiger partial charge is 0.392 e. The van der Waals surface area contributed by atoms with E-state index < -0.39 is 0 Å². The van der Waals surface area contributed by atoms with Crippen LogP contribution >= 0.6 is 0 Å². The summed E-state index contributed by atoms with van der Waals surface area (Å²) >= 11 is 0. The number of nitrogens with zero attached hydrogens (tertiary/aromatic N) is 2. The molecule has 19 heavy (non-hydrogen) atoms. The zero-order valence-electron chi connectivity index (χ0n) is 10.8. The molecule has 1 aromatic heterocycles. The van der Waals surface area contributed by atoms with Crippen molar-refractivity contribution in [2.24, 2.45) is 0 Å². The van der Waals surface area contributed by atoms with Crippen LogP contribution in [0.15, 0.2) is 28.8 Å². The second-order valence-corrected chi connectivity index (χ2v) is 4.86. The van der Waals surface area contributed by atoms with Crippen LogP contribution in [0.5, 0.6) is 0 Å². The first-order valence-electron chi connectivity index (χ1n) is 6.60. The van der Waals surface area contributed by atoms with E-state index in [4.69, 9.17) is 4.52 Å². The number of rotatable bonds is 3. The Balaban J connectivity index is 1.80. The lowest BCUT2D eigenvalue weighted by molar-refractivity contribution is 0.191. The Kier molecular flexibility index (Phi) is 3.31. The maximum Gasteiger partial charge on any atom is 0.244 e. The number of aromatic nitrogens is 2. The molecule has 2 heterocycles. The molecular weight excluding hydrogens is 242 g/mol. The van der Waals surface area contributed by atoms with Crippen molar-refractivity contribution in [2.45, 2.75) is 31.9 Å². The van der Waals surface area contributed by atoms with Crippen LogP contribution in [0.3, 0.4) is 0 Å². The second kappa shape index (κ2) is 5.11. The second-order valence-electron chi connectivity index (χ2n) is 4.86. The van der Waals surface area contributed by atoms with E-state index in [0.29, 0.717) is 24.7 Å². The van der Waals surface area contributed by atoms with E-state index in [1.54, 1.807) is 0 Å². The van der Waals surface area contributed by atoms with Crippen molar-refractivity contribution < 1.29 is 9.63 Å². The lowest BCUT2D eigenvalue weighted by Gasteiger charge is -2.01. The fourth-order valence-electron chi connectivity index (χ4n) is 2.29. The third-order valence-electron chi connectivity index (χ3n) is 3.47. The van der Waals surface area contributed by atoms with Gasteiger partial charge in [-0.1, -0.05) is 36.3 Å². The fourth-order valence-corrected chi connectivity index (χ4v) is 2.29. The van der Waals surface area contributed by atoms with Gasteiger partial charge in [0.05, 0.1) is 12.1 Å². The molecule has 5 nitrogen and oxygen atoms in total. The van der Waals surface area contributed by atoms with Gasteiger partial charge in [-0.15, -0.1) is 0 Å². The summed E-state index contributed by atoms with van der Waals surface area (Å²) in [5, 5.41) is 16.7. The van der Waals surface area contributed by atoms with Crippen molar-refractivity contribution in [3.63, 3.8) is 0 Å². The third kappa shape index (κ3) is 2.52. The highest BCUT2D eigenvalue weighted by Gasteiger charge is 2.28. The molecule has 2 N–H and O–H groups in total. The Morgan fingerprint density at radius 3 is 2.79 bits per heavy atom. The number of β-amino-alcohol motifs (C(OH)–C–C–N with tert-alkyl or cyclic N) is 1. The van der Waals surface area contributed by atoms with Gasteiger partial charge >= 0.3 is 0 Å². The summed E-state index contributed by atoms with van der Waals surface area (Å²) in [5.41, 5.74) is 2.23. The SMILES string of the molecule is CCc1ccc(-c2noc([C@H]3C[C@@H](O)CN3)n2)cc1. The number of nitrogens with one attached hydrogen (secondary N) is 1. The fraction of sp³-hybridized carbons (Fsp3) is 0.429. The first-order valence-corrected chi connectivity index (χ1v) is 6.60.